The normalized spacial score (nSPS) is 22.0. The topological polar surface area (TPSA) is 62.9 Å². The predicted octanol–water partition coefficient (Wildman–Crippen LogP) is 3.15. The van der Waals surface area contributed by atoms with Crippen LogP contribution in [0, 0.1) is 5.41 Å². The van der Waals surface area contributed by atoms with Crippen LogP contribution in [0.25, 0.3) is 0 Å². The average molecular weight is 458 g/mol. The van der Waals surface area contributed by atoms with Gasteiger partial charge in [-0.1, -0.05) is 31.0 Å². The molecular weight excluding hydrogens is 427 g/mol. The second-order valence-corrected chi connectivity index (χ2v) is 7.52. The zero-order valence-corrected chi connectivity index (χ0v) is 17.7. The van der Waals surface area contributed by atoms with E-state index in [0.717, 1.165) is 25.3 Å². The molecule has 1 fully saturated rings. The van der Waals surface area contributed by atoms with Gasteiger partial charge in [-0.25, -0.2) is 0 Å². The number of fused-ring (bicyclic) bond motifs is 1. The number of aliphatic imine (C=N–C) groups is 1. The van der Waals surface area contributed by atoms with Gasteiger partial charge in [0, 0.05) is 30.5 Å². The summed E-state index contributed by atoms with van der Waals surface area (Å²) in [6.07, 6.45) is 6.04. The Bertz CT molecular complexity index is 585. The quantitative estimate of drug-likeness (QED) is 0.404. The van der Waals surface area contributed by atoms with Crippen LogP contribution in [0.5, 0.6) is 5.75 Å². The number of rotatable bonds is 5. The molecule has 1 heterocycles. The van der Waals surface area contributed by atoms with Gasteiger partial charge in [0.1, 0.15) is 5.75 Å². The van der Waals surface area contributed by atoms with Gasteiger partial charge in [-0.15, -0.1) is 24.0 Å². The van der Waals surface area contributed by atoms with Gasteiger partial charge in [-0.3, -0.25) is 4.99 Å². The van der Waals surface area contributed by atoms with Crippen molar-refractivity contribution in [2.45, 2.75) is 38.1 Å². The summed E-state index contributed by atoms with van der Waals surface area (Å²) < 4.78 is 5.71. The molecule has 1 aliphatic carbocycles. The predicted molar refractivity (Wildman–Crippen MR) is 114 cm³/mol. The van der Waals surface area contributed by atoms with Crippen molar-refractivity contribution in [3.63, 3.8) is 0 Å². The first-order chi connectivity index (χ1) is 11.6. The Kier molecular flexibility index (Phi) is 7.37. The highest BCUT2D eigenvalue weighted by Gasteiger charge is 2.34. The Morgan fingerprint density at radius 2 is 2.04 bits per heavy atom. The van der Waals surface area contributed by atoms with Gasteiger partial charge < -0.3 is 20.7 Å². The highest BCUT2D eigenvalue weighted by molar-refractivity contribution is 14.0. The third kappa shape index (κ3) is 5.23. The molecule has 5 nitrogen and oxygen atoms in total. The van der Waals surface area contributed by atoms with Crippen molar-refractivity contribution in [2.24, 2.45) is 16.1 Å². The number of ether oxygens (including phenoxy) is 1. The Morgan fingerprint density at radius 3 is 2.76 bits per heavy atom. The fourth-order valence-electron chi connectivity index (χ4n) is 4.13. The molecule has 140 valence electrons. The first kappa shape index (κ1) is 20.3. The Balaban J connectivity index is 0.00000225. The van der Waals surface area contributed by atoms with Gasteiger partial charge >= 0.3 is 0 Å². The van der Waals surface area contributed by atoms with Crippen LogP contribution in [0.4, 0.5) is 0 Å². The summed E-state index contributed by atoms with van der Waals surface area (Å²) in [7, 11) is 4.29. The molecule has 3 N–H and O–H groups in total. The molecule has 0 spiro atoms. The molecule has 0 saturated heterocycles. The van der Waals surface area contributed by atoms with Crippen LogP contribution in [-0.4, -0.2) is 44.7 Å². The summed E-state index contributed by atoms with van der Waals surface area (Å²) in [6, 6.07) is 8.35. The molecule has 1 saturated carbocycles. The highest BCUT2D eigenvalue weighted by atomic mass is 127. The smallest absolute Gasteiger partial charge is 0.189 e. The molecule has 0 radical (unpaired) electrons. The van der Waals surface area contributed by atoms with Gasteiger partial charge in [-0.05, 0) is 33.0 Å². The molecule has 1 aromatic rings. The second kappa shape index (κ2) is 9.07. The molecule has 0 amide bonds. The summed E-state index contributed by atoms with van der Waals surface area (Å²) in [6.45, 7) is 2.62. The third-order valence-electron chi connectivity index (χ3n) is 5.18. The van der Waals surface area contributed by atoms with Gasteiger partial charge in [0.05, 0.1) is 12.6 Å². The van der Waals surface area contributed by atoms with E-state index in [4.69, 9.17) is 15.5 Å². The van der Waals surface area contributed by atoms with Crippen LogP contribution in [0.3, 0.4) is 0 Å². The molecule has 1 aliphatic heterocycles. The number of nitrogens with two attached hydrogens (primary N) is 1. The van der Waals surface area contributed by atoms with E-state index < -0.39 is 0 Å². The van der Waals surface area contributed by atoms with Crippen LogP contribution in [0.1, 0.15) is 43.7 Å². The molecular formula is C19H31IN4O. The van der Waals surface area contributed by atoms with Crippen LogP contribution in [0.15, 0.2) is 29.3 Å². The lowest BCUT2D eigenvalue weighted by molar-refractivity contribution is 0.210. The van der Waals surface area contributed by atoms with E-state index in [2.05, 4.69) is 30.4 Å². The molecule has 6 heteroatoms. The standard InChI is InChI=1S/C19H30N4O.HI/c1-23(2)14-19(10-5-6-11-19)13-21-18(20)22-16-9-12-24-17-8-4-3-7-15(16)17;/h3-4,7-8,16H,5-6,9-14H2,1-2H3,(H3,20,21,22);1H. The Hall–Kier alpha value is -1.02. The second-order valence-electron chi connectivity index (χ2n) is 7.52. The minimum Gasteiger partial charge on any atom is -0.493 e. The minimum atomic E-state index is 0. The van der Waals surface area contributed by atoms with Crippen molar-refractivity contribution < 1.29 is 4.74 Å². The van der Waals surface area contributed by atoms with E-state index in [1.54, 1.807) is 0 Å². The lowest BCUT2D eigenvalue weighted by Crippen LogP contribution is -2.39. The number of hydrogen-bond donors (Lipinski definition) is 2. The van der Waals surface area contributed by atoms with Crippen LogP contribution in [0.2, 0.25) is 0 Å². The number of para-hydroxylation sites is 1. The van der Waals surface area contributed by atoms with Crippen molar-refractivity contribution in [2.75, 3.05) is 33.8 Å². The summed E-state index contributed by atoms with van der Waals surface area (Å²) in [5, 5.41) is 3.40. The minimum absolute atomic E-state index is 0. The van der Waals surface area contributed by atoms with Crippen molar-refractivity contribution in [3.8, 4) is 5.75 Å². The van der Waals surface area contributed by atoms with Crippen molar-refractivity contribution in [1.29, 1.82) is 0 Å². The van der Waals surface area contributed by atoms with E-state index in [1.165, 1.54) is 31.2 Å². The first-order valence-electron chi connectivity index (χ1n) is 9.01. The Labute approximate surface area is 168 Å². The lowest BCUT2D eigenvalue weighted by Gasteiger charge is -2.31. The zero-order valence-electron chi connectivity index (χ0n) is 15.3. The SMILES string of the molecule is CN(C)CC1(CN=C(N)NC2CCOc3ccccc32)CCCC1.I. The highest BCUT2D eigenvalue weighted by Crippen LogP contribution is 2.39. The molecule has 0 aromatic heterocycles. The van der Waals surface area contributed by atoms with Gasteiger partial charge in [0.2, 0.25) is 0 Å². The Morgan fingerprint density at radius 1 is 1.32 bits per heavy atom. The van der Waals surface area contributed by atoms with E-state index >= 15 is 0 Å². The summed E-state index contributed by atoms with van der Waals surface area (Å²) >= 11 is 0. The first-order valence-corrected chi connectivity index (χ1v) is 9.01. The van der Waals surface area contributed by atoms with Crippen LogP contribution in [-0.2, 0) is 0 Å². The maximum atomic E-state index is 6.21. The number of nitrogens with zero attached hydrogens (tertiary/aromatic N) is 2. The van der Waals surface area contributed by atoms with Crippen LogP contribution < -0.4 is 15.8 Å². The molecule has 0 bridgehead atoms. The molecule has 1 atom stereocenters. The van der Waals surface area contributed by atoms with E-state index in [0.29, 0.717) is 18.0 Å². The number of hydrogen-bond acceptors (Lipinski definition) is 3. The monoisotopic (exact) mass is 458 g/mol. The maximum absolute atomic E-state index is 6.21. The van der Waals surface area contributed by atoms with Gasteiger partial charge in [-0.2, -0.15) is 0 Å². The number of halogens is 1. The van der Waals surface area contributed by atoms with Gasteiger partial charge in [0.15, 0.2) is 5.96 Å². The van der Waals surface area contributed by atoms with Crippen LogP contribution >= 0.6 is 24.0 Å². The maximum Gasteiger partial charge on any atom is 0.189 e. The molecule has 2 aliphatic rings. The summed E-state index contributed by atoms with van der Waals surface area (Å²) in [5.74, 6) is 1.51. The van der Waals surface area contributed by atoms with E-state index in [1.807, 2.05) is 18.2 Å². The molecule has 1 unspecified atom stereocenters. The number of benzene rings is 1. The molecule has 3 rings (SSSR count). The largest absolute Gasteiger partial charge is 0.493 e. The lowest BCUT2D eigenvalue weighted by atomic mass is 9.86. The van der Waals surface area contributed by atoms with E-state index in [-0.39, 0.29) is 30.0 Å². The van der Waals surface area contributed by atoms with Crippen molar-refractivity contribution in [3.05, 3.63) is 29.8 Å². The third-order valence-corrected chi connectivity index (χ3v) is 5.18. The van der Waals surface area contributed by atoms with Crippen molar-refractivity contribution >= 4 is 29.9 Å². The van der Waals surface area contributed by atoms with E-state index in [9.17, 15) is 0 Å². The van der Waals surface area contributed by atoms with Gasteiger partial charge in [0.25, 0.3) is 0 Å². The molecule has 1 aromatic carbocycles. The molecule has 25 heavy (non-hydrogen) atoms. The summed E-state index contributed by atoms with van der Waals surface area (Å²) in [5.41, 5.74) is 7.68. The fourth-order valence-corrected chi connectivity index (χ4v) is 4.13. The zero-order chi connectivity index (χ0) is 17.0. The van der Waals surface area contributed by atoms with Crippen molar-refractivity contribution in [1.82, 2.24) is 10.2 Å². The number of nitrogens with one attached hydrogen (secondary N) is 1. The summed E-state index contributed by atoms with van der Waals surface area (Å²) in [4.78, 5) is 6.99. The average Bonchev–Trinajstić information content (AvgIpc) is 3.01. The number of guanidine groups is 1. The fraction of sp³-hybridized carbons (Fsp3) is 0.632.